The molecule has 1 fully saturated rings. The van der Waals surface area contributed by atoms with Crippen molar-refractivity contribution in [3.8, 4) is 28.0 Å². The minimum atomic E-state index is -0.279. The van der Waals surface area contributed by atoms with Gasteiger partial charge in [-0.15, -0.1) is 0 Å². The highest BCUT2D eigenvalue weighted by Crippen LogP contribution is 2.40. The third kappa shape index (κ3) is 4.33. The number of ether oxygens (including phenoxy) is 1. The first kappa shape index (κ1) is 22.4. The van der Waals surface area contributed by atoms with E-state index < -0.39 is 0 Å². The molecule has 0 atom stereocenters. The van der Waals surface area contributed by atoms with Crippen molar-refractivity contribution >= 4 is 32.7 Å². The number of aromatic nitrogens is 3. The van der Waals surface area contributed by atoms with Gasteiger partial charge in [-0.1, -0.05) is 53.8 Å². The lowest BCUT2D eigenvalue weighted by molar-refractivity contribution is 0.102. The van der Waals surface area contributed by atoms with E-state index in [4.69, 9.17) is 4.74 Å². The average molecular weight is 493 g/mol. The van der Waals surface area contributed by atoms with E-state index in [1.807, 2.05) is 43.5 Å². The van der Waals surface area contributed by atoms with Gasteiger partial charge in [0.05, 0.1) is 17.4 Å². The molecule has 0 saturated heterocycles. The number of hydrogen-bond acceptors (Lipinski definition) is 6. The van der Waals surface area contributed by atoms with Gasteiger partial charge in [0, 0.05) is 34.8 Å². The second-order valence-corrected chi connectivity index (χ2v) is 10.0. The Morgan fingerprint density at radius 3 is 2.56 bits per heavy atom. The topological polar surface area (TPSA) is 77.0 Å². The van der Waals surface area contributed by atoms with Crippen LogP contribution < -0.4 is 10.1 Å². The fourth-order valence-electron chi connectivity index (χ4n) is 4.39. The van der Waals surface area contributed by atoms with Crippen molar-refractivity contribution < 1.29 is 9.53 Å². The molecule has 1 amide bonds. The fourth-order valence-corrected chi connectivity index (χ4v) is 5.25. The van der Waals surface area contributed by atoms with Crippen molar-refractivity contribution in [3.05, 3.63) is 89.9 Å². The number of nitrogens with one attached hydrogen (secondary N) is 1. The van der Waals surface area contributed by atoms with Crippen LogP contribution in [-0.4, -0.2) is 28.0 Å². The molecule has 0 aliphatic heterocycles. The summed E-state index contributed by atoms with van der Waals surface area (Å²) < 4.78 is 6.45. The number of carbonyl (C=O) groups excluding carboxylic acids is 1. The molecule has 2 aromatic carbocycles. The van der Waals surface area contributed by atoms with E-state index in [-0.39, 0.29) is 5.91 Å². The predicted octanol–water partition coefficient (Wildman–Crippen LogP) is 6.87. The Balaban J connectivity index is 1.28. The van der Waals surface area contributed by atoms with Crippen molar-refractivity contribution in [3.63, 3.8) is 0 Å². The molecule has 3 aromatic heterocycles. The molecule has 0 unspecified atom stereocenters. The van der Waals surface area contributed by atoms with Crippen LogP contribution in [0.2, 0.25) is 0 Å². The number of rotatable bonds is 6. The zero-order valence-corrected chi connectivity index (χ0v) is 20.8. The number of benzene rings is 2. The molecule has 3 heterocycles. The monoisotopic (exact) mass is 492 g/mol. The number of pyridine rings is 2. The molecule has 5 aromatic rings. The molecule has 0 spiro atoms. The third-order valence-corrected chi connectivity index (χ3v) is 7.35. The summed E-state index contributed by atoms with van der Waals surface area (Å²) in [6.07, 6.45) is 6.02. The van der Waals surface area contributed by atoms with Gasteiger partial charge < -0.3 is 4.74 Å². The number of methoxy groups -OCH3 is 1. The summed E-state index contributed by atoms with van der Waals surface area (Å²) in [7, 11) is 1.62. The third-order valence-electron chi connectivity index (χ3n) is 6.44. The van der Waals surface area contributed by atoms with E-state index in [0.29, 0.717) is 22.1 Å². The smallest absolute Gasteiger partial charge is 0.259 e. The molecule has 1 aliphatic rings. The number of carbonyl (C=O) groups is 1. The fraction of sp³-hybridized carbons (Fsp3) is 0.172. The molecule has 178 valence electrons. The summed E-state index contributed by atoms with van der Waals surface area (Å²) >= 11 is 1.41. The van der Waals surface area contributed by atoms with Crippen LogP contribution in [0.25, 0.3) is 32.6 Å². The molecule has 7 heteroatoms. The van der Waals surface area contributed by atoms with Crippen LogP contribution in [0.1, 0.15) is 40.4 Å². The Hall–Kier alpha value is -4.10. The number of hydrogen-bond donors (Lipinski definition) is 1. The normalized spacial score (nSPS) is 13.1. The van der Waals surface area contributed by atoms with Gasteiger partial charge in [-0.3, -0.25) is 15.1 Å². The van der Waals surface area contributed by atoms with Crippen molar-refractivity contribution in [1.82, 2.24) is 15.0 Å². The molecule has 36 heavy (non-hydrogen) atoms. The maximum Gasteiger partial charge on any atom is 0.259 e. The lowest BCUT2D eigenvalue weighted by Crippen LogP contribution is -2.14. The second-order valence-electron chi connectivity index (χ2n) is 8.99. The van der Waals surface area contributed by atoms with Crippen LogP contribution >= 0.6 is 11.3 Å². The second kappa shape index (κ2) is 9.17. The zero-order valence-electron chi connectivity index (χ0n) is 20.0. The number of aryl methyl sites for hydroxylation is 1. The Bertz CT molecular complexity index is 1590. The Morgan fingerprint density at radius 1 is 0.972 bits per heavy atom. The molecular formula is C29H24N4O2S. The zero-order chi connectivity index (χ0) is 24.6. The Labute approximate surface area is 213 Å². The minimum Gasteiger partial charge on any atom is -0.496 e. The number of para-hydroxylation sites is 1. The number of amides is 1. The van der Waals surface area contributed by atoms with Crippen LogP contribution in [0, 0.1) is 6.92 Å². The van der Waals surface area contributed by atoms with Crippen molar-refractivity contribution in [2.24, 2.45) is 0 Å². The molecule has 1 N–H and O–H groups in total. The maximum absolute atomic E-state index is 13.3. The lowest BCUT2D eigenvalue weighted by Gasteiger charge is -2.13. The van der Waals surface area contributed by atoms with E-state index in [1.165, 1.54) is 29.7 Å². The summed E-state index contributed by atoms with van der Waals surface area (Å²) in [5.41, 5.74) is 7.04. The van der Waals surface area contributed by atoms with Gasteiger partial charge in [-0.05, 0) is 55.0 Å². The van der Waals surface area contributed by atoms with Gasteiger partial charge in [0.1, 0.15) is 5.75 Å². The summed E-state index contributed by atoms with van der Waals surface area (Å²) in [6.45, 7) is 1.90. The van der Waals surface area contributed by atoms with E-state index in [2.05, 4.69) is 50.6 Å². The number of anilines is 1. The summed E-state index contributed by atoms with van der Waals surface area (Å²) in [5.74, 6) is 1.15. The molecule has 0 bridgehead atoms. The van der Waals surface area contributed by atoms with E-state index in [1.54, 1.807) is 13.3 Å². The van der Waals surface area contributed by atoms with Crippen LogP contribution in [0.3, 0.4) is 0 Å². The van der Waals surface area contributed by atoms with E-state index in [9.17, 15) is 4.79 Å². The molecule has 6 nitrogen and oxygen atoms in total. The van der Waals surface area contributed by atoms with Gasteiger partial charge in [0.15, 0.2) is 10.8 Å². The molecule has 1 saturated carbocycles. The Morgan fingerprint density at radius 2 is 1.78 bits per heavy atom. The number of thiazole rings is 1. The first-order valence-corrected chi connectivity index (χ1v) is 12.7. The van der Waals surface area contributed by atoms with Gasteiger partial charge in [0.25, 0.3) is 5.91 Å². The van der Waals surface area contributed by atoms with Crippen LogP contribution in [-0.2, 0) is 0 Å². The van der Waals surface area contributed by atoms with Gasteiger partial charge in [-0.2, -0.15) is 4.98 Å². The van der Waals surface area contributed by atoms with Crippen LogP contribution in [0.5, 0.6) is 5.75 Å². The Kier molecular flexibility index (Phi) is 5.70. The lowest BCUT2D eigenvalue weighted by atomic mass is 9.99. The van der Waals surface area contributed by atoms with Crippen molar-refractivity contribution in [2.45, 2.75) is 25.7 Å². The highest BCUT2D eigenvalue weighted by Gasteiger charge is 2.23. The summed E-state index contributed by atoms with van der Waals surface area (Å²) in [4.78, 5) is 26.8. The van der Waals surface area contributed by atoms with Gasteiger partial charge >= 0.3 is 0 Å². The van der Waals surface area contributed by atoms with Crippen LogP contribution in [0.4, 0.5) is 5.13 Å². The molecule has 1 aliphatic carbocycles. The van der Waals surface area contributed by atoms with E-state index in [0.717, 1.165) is 38.6 Å². The molecule has 6 rings (SSSR count). The van der Waals surface area contributed by atoms with Crippen LogP contribution in [0.15, 0.2) is 73.1 Å². The first-order valence-electron chi connectivity index (χ1n) is 11.9. The summed E-state index contributed by atoms with van der Waals surface area (Å²) in [6, 6.07) is 20.4. The van der Waals surface area contributed by atoms with Crippen molar-refractivity contribution in [2.75, 3.05) is 12.4 Å². The summed E-state index contributed by atoms with van der Waals surface area (Å²) in [5, 5.41) is 3.44. The predicted molar refractivity (Wildman–Crippen MR) is 144 cm³/mol. The van der Waals surface area contributed by atoms with Crippen molar-refractivity contribution in [1.29, 1.82) is 0 Å². The van der Waals surface area contributed by atoms with E-state index >= 15 is 0 Å². The van der Waals surface area contributed by atoms with Gasteiger partial charge in [-0.25, -0.2) is 4.98 Å². The minimum absolute atomic E-state index is 0.279. The van der Waals surface area contributed by atoms with Gasteiger partial charge in [0.2, 0.25) is 0 Å². The molecule has 0 radical (unpaired) electrons. The quantitative estimate of drug-likeness (QED) is 0.280. The highest BCUT2D eigenvalue weighted by molar-refractivity contribution is 7.22. The maximum atomic E-state index is 13.3. The molecular weight excluding hydrogens is 468 g/mol. The largest absolute Gasteiger partial charge is 0.496 e. The first-order chi connectivity index (χ1) is 17.6. The SMILES string of the molecule is COc1ccccc1-c1cc(C)ncc1C(=O)Nc1nc2ncc(-c3ccc(C4CC4)cc3)cc2s1. The number of nitrogens with zero attached hydrogens (tertiary/aromatic N) is 3. The number of fused-ring (bicyclic) bond motifs is 1. The highest BCUT2D eigenvalue weighted by atomic mass is 32.1. The average Bonchev–Trinajstić information content (AvgIpc) is 3.68. The standard InChI is InChI=1S/C29H24N4O2S/c1-17-13-23(22-5-3-4-6-25(22)35-2)24(16-30-17)28(34)33-29-32-27-26(36-29)14-21(15-31-27)20-11-9-19(10-12-20)18-7-8-18/h3-6,9-16,18H,7-8H2,1-2H3,(H,31,32,33,34).